The van der Waals surface area contributed by atoms with Gasteiger partial charge < -0.3 is 4.98 Å². The predicted molar refractivity (Wildman–Crippen MR) is 110 cm³/mol. The molecule has 0 atom stereocenters. The van der Waals surface area contributed by atoms with E-state index in [2.05, 4.69) is 30.2 Å². The van der Waals surface area contributed by atoms with E-state index in [1.165, 1.54) is 36.5 Å². The molecule has 0 aliphatic carbocycles. The maximum Gasteiger partial charge on any atom is 0.434 e. The Labute approximate surface area is 190 Å². The summed E-state index contributed by atoms with van der Waals surface area (Å²) < 4.78 is 82.1. The number of alkyl halides is 6. The van der Waals surface area contributed by atoms with Crippen molar-refractivity contribution >= 4 is 10.8 Å². The molecule has 35 heavy (non-hydrogen) atoms. The van der Waals surface area contributed by atoms with Gasteiger partial charge in [0.05, 0.1) is 17.4 Å². The minimum Gasteiger partial charge on any atom is -0.329 e. The van der Waals surface area contributed by atoms with E-state index < -0.39 is 34.9 Å². The van der Waals surface area contributed by atoms with Crippen LogP contribution in [0.3, 0.4) is 0 Å². The lowest BCUT2D eigenvalue weighted by Crippen LogP contribution is -2.15. The van der Waals surface area contributed by atoms with E-state index >= 15 is 0 Å². The molecule has 0 amide bonds. The van der Waals surface area contributed by atoms with E-state index in [1.807, 2.05) is 0 Å². The van der Waals surface area contributed by atoms with E-state index in [9.17, 15) is 31.1 Å². The molecule has 4 heterocycles. The molecule has 2 N–H and O–H groups in total. The molecule has 0 aliphatic heterocycles. The highest BCUT2D eigenvalue weighted by atomic mass is 19.4. The number of hydrogen-bond acceptors (Lipinski definition) is 5. The second-order valence-electron chi connectivity index (χ2n) is 7.30. The number of pyridine rings is 2. The van der Waals surface area contributed by atoms with E-state index in [-0.39, 0.29) is 33.7 Å². The number of hydrogen-bond donors (Lipinski definition) is 2. The quantitative estimate of drug-likeness (QED) is 0.359. The van der Waals surface area contributed by atoms with Crippen LogP contribution >= 0.6 is 0 Å². The molecule has 0 spiro atoms. The monoisotopic (exact) mass is 491 g/mol. The van der Waals surface area contributed by atoms with Gasteiger partial charge >= 0.3 is 12.4 Å². The zero-order chi connectivity index (χ0) is 25.0. The van der Waals surface area contributed by atoms with Crippen LogP contribution in [0.2, 0.25) is 0 Å². The van der Waals surface area contributed by atoms with Crippen molar-refractivity contribution in [3.63, 3.8) is 0 Å². The van der Waals surface area contributed by atoms with E-state index in [4.69, 9.17) is 0 Å². The second-order valence-corrected chi connectivity index (χ2v) is 7.30. The summed E-state index contributed by atoms with van der Waals surface area (Å²) in [5, 5.41) is 10.4. The van der Waals surface area contributed by atoms with Gasteiger partial charge in [0.15, 0.2) is 17.3 Å². The standard InChI is InChI=1S/C21H11F6N7O/c22-20(23,24)15-8-10(4-6-28-15)17-31-18(33-32-17)13-9-30-34(16(13)21(25,26)27)14-3-1-2-12-11(14)5-7-29-19(12)35/h1-9H,(H,29,35)(H,31,32,33). The number of nitrogens with zero attached hydrogens (tertiary/aromatic N) is 5. The first-order chi connectivity index (χ1) is 16.5. The van der Waals surface area contributed by atoms with E-state index in [1.54, 1.807) is 0 Å². The Morgan fingerprint density at radius 3 is 2.49 bits per heavy atom. The molecule has 0 unspecified atom stereocenters. The Morgan fingerprint density at radius 2 is 1.74 bits per heavy atom. The fourth-order valence-electron chi connectivity index (χ4n) is 3.60. The Bertz CT molecular complexity index is 1610. The number of aromatic nitrogens is 7. The van der Waals surface area contributed by atoms with Crippen LogP contribution in [-0.2, 0) is 12.4 Å². The first kappa shape index (κ1) is 22.3. The van der Waals surface area contributed by atoms with Crippen molar-refractivity contribution in [2.45, 2.75) is 12.4 Å². The average Bonchev–Trinajstić information content (AvgIpc) is 3.46. The first-order valence-corrected chi connectivity index (χ1v) is 9.76. The Kier molecular flexibility index (Phi) is 4.96. The molecule has 178 valence electrons. The van der Waals surface area contributed by atoms with Crippen molar-refractivity contribution in [3.8, 4) is 28.5 Å². The summed E-state index contributed by atoms with van der Waals surface area (Å²) in [6, 6.07) is 7.58. The maximum absolute atomic E-state index is 14.2. The SMILES string of the molecule is O=c1[nH]ccc2c(-n3ncc(-c4nc(-c5ccnc(C(F)(F)F)c5)n[nH]4)c3C(F)(F)F)cccc12. The molecular weight excluding hydrogens is 480 g/mol. The van der Waals surface area contributed by atoms with Crippen molar-refractivity contribution in [3.05, 3.63) is 76.7 Å². The molecule has 4 aromatic heterocycles. The summed E-state index contributed by atoms with van der Waals surface area (Å²) in [4.78, 5) is 21.7. The maximum atomic E-state index is 14.2. The highest BCUT2D eigenvalue weighted by Gasteiger charge is 2.40. The van der Waals surface area contributed by atoms with Crippen LogP contribution in [0.5, 0.6) is 0 Å². The third kappa shape index (κ3) is 3.92. The second kappa shape index (κ2) is 7.78. The van der Waals surface area contributed by atoms with Crippen LogP contribution in [0.4, 0.5) is 26.3 Å². The van der Waals surface area contributed by atoms with Crippen LogP contribution in [0.15, 0.2) is 59.8 Å². The van der Waals surface area contributed by atoms with Crippen molar-refractivity contribution in [2.75, 3.05) is 0 Å². The lowest BCUT2D eigenvalue weighted by molar-refractivity contribution is -0.142. The van der Waals surface area contributed by atoms with Crippen molar-refractivity contribution in [1.29, 1.82) is 0 Å². The highest BCUT2D eigenvalue weighted by molar-refractivity contribution is 5.89. The fourth-order valence-corrected chi connectivity index (χ4v) is 3.60. The van der Waals surface area contributed by atoms with Gasteiger partial charge in [-0.25, -0.2) is 9.67 Å². The smallest absolute Gasteiger partial charge is 0.329 e. The summed E-state index contributed by atoms with van der Waals surface area (Å²) in [5.41, 5.74) is -3.47. The number of aromatic amines is 2. The topological polar surface area (TPSA) is 105 Å². The average molecular weight is 491 g/mol. The minimum absolute atomic E-state index is 0.00383. The van der Waals surface area contributed by atoms with Crippen molar-refractivity contribution in [2.24, 2.45) is 0 Å². The van der Waals surface area contributed by atoms with E-state index in [0.29, 0.717) is 10.7 Å². The van der Waals surface area contributed by atoms with Gasteiger partial charge in [-0.1, -0.05) is 6.07 Å². The number of H-pyrrole nitrogens is 2. The van der Waals surface area contributed by atoms with Crippen molar-refractivity contribution < 1.29 is 26.3 Å². The number of fused-ring (bicyclic) bond motifs is 1. The lowest BCUT2D eigenvalue weighted by atomic mass is 10.1. The fraction of sp³-hybridized carbons (Fsp3) is 0.0952. The minimum atomic E-state index is -4.91. The highest BCUT2D eigenvalue weighted by Crippen LogP contribution is 2.39. The van der Waals surface area contributed by atoms with Gasteiger partial charge in [0.1, 0.15) is 5.69 Å². The molecule has 0 bridgehead atoms. The van der Waals surface area contributed by atoms with E-state index in [0.717, 1.165) is 12.4 Å². The molecule has 0 fully saturated rings. The molecular formula is C21H11F6N7O. The molecule has 8 nitrogen and oxygen atoms in total. The van der Waals surface area contributed by atoms with Gasteiger partial charge in [-0.2, -0.15) is 36.5 Å². The summed E-state index contributed by atoms with van der Waals surface area (Å²) >= 11 is 0. The van der Waals surface area contributed by atoms with Crippen LogP contribution in [-0.4, -0.2) is 34.9 Å². The Morgan fingerprint density at radius 1 is 0.943 bits per heavy atom. The predicted octanol–water partition coefficient (Wildman–Crippen LogP) is 4.60. The summed E-state index contributed by atoms with van der Waals surface area (Å²) in [7, 11) is 0. The largest absolute Gasteiger partial charge is 0.434 e. The van der Waals surface area contributed by atoms with Crippen LogP contribution < -0.4 is 5.56 Å². The molecule has 1 aromatic carbocycles. The third-order valence-electron chi connectivity index (χ3n) is 5.11. The summed E-state index contributed by atoms with van der Waals surface area (Å²) in [6.45, 7) is 0. The summed E-state index contributed by atoms with van der Waals surface area (Å²) in [5.74, 6) is -0.618. The molecule has 0 radical (unpaired) electrons. The molecule has 5 aromatic rings. The zero-order valence-corrected chi connectivity index (χ0v) is 17.1. The van der Waals surface area contributed by atoms with Crippen molar-refractivity contribution in [1.82, 2.24) is 34.9 Å². The molecule has 0 saturated heterocycles. The molecule has 14 heteroatoms. The van der Waals surface area contributed by atoms with Gasteiger partial charge in [0.25, 0.3) is 5.56 Å². The normalized spacial score (nSPS) is 12.4. The van der Waals surface area contributed by atoms with Gasteiger partial charge in [-0.15, -0.1) is 0 Å². The first-order valence-electron chi connectivity index (χ1n) is 9.76. The van der Waals surface area contributed by atoms with Gasteiger partial charge in [0.2, 0.25) is 0 Å². The number of benzene rings is 1. The molecule has 5 rings (SSSR count). The van der Waals surface area contributed by atoms with Crippen LogP contribution in [0.1, 0.15) is 11.4 Å². The van der Waals surface area contributed by atoms with Crippen LogP contribution in [0, 0.1) is 0 Å². The van der Waals surface area contributed by atoms with Gasteiger partial charge in [-0.3, -0.25) is 14.9 Å². The molecule has 0 saturated carbocycles. The zero-order valence-electron chi connectivity index (χ0n) is 17.1. The lowest BCUT2D eigenvalue weighted by Gasteiger charge is -2.13. The Balaban J connectivity index is 1.65. The summed E-state index contributed by atoms with van der Waals surface area (Å²) in [6.07, 6.45) is -6.52. The number of nitrogens with one attached hydrogen (secondary N) is 2. The van der Waals surface area contributed by atoms with Gasteiger partial charge in [-0.05, 0) is 30.3 Å². The Hall–Kier alpha value is -4.49. The number of rotatable bonds is 3. The number of halogens is 6. The van der Waals surface area contributed by atoms with Gasteiger partial charge in [0, 0.05) is 28.7 Å². The molecule has 0 aliphatic rings. The van der Waals surface area contributed by atoms with Crippen LogP contribution in [0.25, 0.3) is 39.2 Å². The third-order valence-corrected chi connectivity index (χ3v) is 5.11.